The number of aromatic amines is 3. The molecule has 0 aliphatic heterocycles. The van der Waals surface area contributed by atoms with Crippen LogP contribution in [0.4, 0.5) is 4.39 Å². The Bertz CT molecular complexity index is 845. The maximum absolute atomic E-state index is 12.8. The highest BCUT2D eigenvalue weighted by atomic mass is 19.1. The largest absolute Gasteiger partial charge is 0.336 e. The number of nitrogens with zero attached hydrogens (tertiary/aromatic N) is 1. The highest BCUT2D eigenvalue weighted by Gasteiger charge is 2.08. The van der Waals surface area contributed by atoms with E-state index in [4.69, 9.17) is 0 Å². The van der Waals surface area contributed by atoms with Gasteiger partial charge in [-0.1, -0.05) is 12.1 Å². The van der Waals surface area contributed by atoms with Crippen molar-refractivity contribution in [1.29, 1.82) is 0 Å². The SMILES string of the molecule is O=c1[nH]c(=O)c2[nH]c(Cc3ccc(F)cc3)nc2[nH]1. The molecule has 2 heterocycles. The molecule has 3 aromatic rings. The van der Waals surface area contributed by atoms with E-state index in [0.29, 0.717) is 12.2 Å². The van der Waals surface area contributed by atoms with E-state index in [1.165, 1.54) is 12.1 Å². The fourth-order valence-electron chi connectivity index (χ4n) is 1.86. The van der Waals surface area contributed by atoms with Gasteiger partial charge < -0.3 is 4.98 Å². The van der Waals surface area contributed by atoms with Crippen LogP contribution in [0.25, 0.3) is 11.2 Å². The van der Waals surface area contributed by atoms with E-state index < -0.39 is 11.2 Å². The fourth-order valence-corrected chi connectivity index (χ4v) is 1.86. The minimum absolute atomic E-state index is 0.214. The van der Waals surface area contributed by atoms with Crippen molar-refractivity contribution < 1.29 is 4.39 Å². The molecule has 96 valence electrons. The summed E-state index contributed by atoms with van der Waals surface area (Å²) in [5, 5.41) is 0. The molecule has 1 aromatic carbocycles. The van der Waals surface area contributed by atoms with Crippen molar-refractivity contribution >= 4 is 11.2 Å². The molecule has 0 spiro atoms. The van der Waals surface area contributed by atoms with Gasteiger partial charge in [0.15, 0.2) is 5.65 Å². The summed E-state index contributed by atoms with van der Waals surface area (Å²) in [7, 11) is 0. The lowest BCUT2D eigenvalue weighted by Gasteiger charge is -1.97. The predicted molar refractivity (Wildman–Crippen MR) is 66.5 cm³/mol. The van der Waals surface area contributed by atoms with Gasteiger partial charge in [-0.25, -0.2) is 14.2 Å². The van der Waals surface area contributed by atoms with Crippen molar-refractivity contribution in [3.63, 3.8) is 0 Å². The van der Waals surface area contributed by atoms with Gasteiger partial charge in [-0.2, -0.15) is 0 Å². The Balaban J connectivity index is 2.02. The third-order valence-corrected chi connectivity index (χ3v) is 2.72. The van der Waals surface area contributed by atoms with Crippen LogP contribution in [0.15, 0.2) is 33.9 Å². The number of imidazole rings is 1. The lowest BCUT2D eigenvalue weighted by atomic mass is 10.1. The van der Waals surface area contributed by atoms with Crippen molar-refractivity contribution in [2.45, 2.75) is 6.42 Å². The van der Waals surface area contributed by atoms with E-state index in [-0.39, 0.29) is 17.0 Å². The highest BCUT2D eigenvalue weighted by molar-refractivity contribution is 5.68. The molecule has 0 unspecified atom stereocenters. The average molecular weight is 260 g/mol. The summed E-state index contributed by atoms with van der Waals surface area (Å²) in [5.74, 6) is 0.211. The van der Waals surface area contributed by atoms with Gasteiger partial charge in [-0.3, -0.25) is 14.8 Å². The van der Waals surface area contributed by atoms with Gasteiger partial charge in [0, 0.05) is 6.42 Å². The van der Waals surface area contributed by atoms with Crippen molar-refractivity contribution in [2.24, 2.45) is 0 Å². The van der Waals surface area contributed by atoms with Crippen LogP contribution in [0.1, 0.15) is 11.4 Å². The van der Waals surface area contributed by atoms with E-state index >= 15 is 0 Å². The Labute approximate surface area is 105 Å². The minimum Gasteiger partial charge on any atom is -0.336 e. The van der Waals surface area contributed by atoms with Crippen LogP contribution in [0.2, 0.25) is 0 Å². The van der Waals surface area contributed by atoms with Gasteiger partial charge in [-0.05, 0) is 17.7 Å². The molecule has 7 heteroatoms. The minimum atomic E-state index is -0.600. The molecular weight excluding hydrogens is 251 g/mol. The number of hydrogen-bond donors (Lipinski definition) is 3. The molecule has 0 atom stereocenters. The number of aromatic nitrogens is 4. The third kappa shape index (κ3) is 2.17. The quantitative estimate of drug-likeness (QED) is 0.632. The molecular formula is C12H9FN4O2. The Morgan fingerprint density at radius 1 is 1.05 bits per heavy atom. The molecule has 2 aromatic heterocycles. The average Bonchev–Trinajstić information content (AvgIpc) is 2.75. The summed E-state index contributed by atoms with van der Waals surface area (Å²) >= 11 is 0. The molecule has 0 aliphatic rings. The number of hydrogen-bond acceptors (Lipinski definition) is 3. The zero-order valence-electron chi connectivity index (χ0n) is 9.66. The molecule has 0 radical (unpaired) electrons. The molecule has 19 heavy (non-hydrogen) atoms. The molecule has 6 nitrogen and oxygen atoms in total. The van der Waals surface area contributed by atoms with Gasteiger partial charge >= 0.3 is 5.69 Å². The molecule has 0 saturated heterocycles. The molecule has 3 rings (SSSR count). The Hall–Kier alpha value is -2.70. The van der Waals surface area contributed by atoms with Gasteiger partial charge in [0.1, 0.15) is 17.2 Å². The lowest BCUT2D eigenvalue weighted by Crippen LogP contribution is -2.21. The summed E-state index contributed by atoms with van der Waals surface area (Å²) in [5.41, 5.74) is 0.163. The van der Waals surface area contributed by atoms with Crippen LogP contribution < -0.4 is 11.2 Å². The van der Waals surface area contributed by atoms with E-state index in [9.17, 15) is 14.0 Å². The van der Waals surface area contributed by atoms with Gasteiger partial charge in [0.25, 0.3) is 5.56 Å². The summed E-state index contributed by atoms with van der Waals surface area (Å²) in [6.45, 7) is 0. The summed E-state index contributed by atoms with van der Waals surface area (Å²) in [6.07, 6.45) is 0.413. The molecule has 0 saturated carbocycles. The number of H-pyrrole nitrogens is 3. The molecule has 0 aliphatic carbocycles. The number of benzene rings is 1. The van der Waals surface area contributed by atoms with Crippen molar-refractivity contribution in [3.8, 4) is 0 Å². The molecule has 3 N–H and O–H groups in total. The predicted octanol–water partition coefficient (Wildman–Crippen LogP) is 0.669. The lowest BCUT2D eigenvalue weighted by molar-refractivity contribution is 0.627. The number of halogens is 1. The van der Waals surface area contributed by atoms with Crippen molar-refractivity contribution in [3.05, 3.63) is 62.3 Å². The first-order chi connectivity index (χ1) is 9.11. The van der Waals surface area contributed by atoms with Gasteiger partial charge in [-0.15, -0.1) is 0 Å². The standard InChI is InChI=1S/C12H9FN4O2/c13-7-3-1-6(2-4-7)5-8-14-9-10(15-8)16-12(19)17-11(9)18/h1-4H,5H2,(H3,14,15,16,17,18,19). The fraction of sp³-hybridized carbons (Fsp3) is 0.0833. The van der Waals surface area contributed by atoms with E-state index in [0.717, 1.165) is 5.56 Å². The van der Waals surface area contributed by atoms with Crippen LogP contribution >= 0.6 is 0 Å². The summed E-state index contributed by atoms with van der Waals surface area (Å²) < 4.78 is 12.8. The van der Waals surface area contributed by atoms with Gasteiger partial charge in [0.2, 0.25) is 0 Å². The number of rotatable bonds is 2. The van der Waals surface area contributed by atoms with E-state index in [1.54, 1.807) is 12.1 Å². The van der Waals surface area contributed by atoms with Crippen LogP contribution in [-0.4, -0.2) is 19.9 Å². The van der Waals surface area contributed by atoms with Crippen LogP contribution in [0.3, 0.4) is 0 Å². The van der Waals surface area contributed by atoms with Crippen molar-refractivity contribution in [1.82, 2.24) is 19.9 Å². The maximum Gasteiger partial charge on any atom is 0.327 e. The monoisotopic (exact) mass is 260 g/mol. The Morgan fingerprint density at radius 3 is 2.53 bits per heavy atom. The second-order valence-electron chi connectivity index (χ2n) is 4.12. The zero-order valence-corrected chi connectivity index (χ0v) is 9.66. The third-order valence-electron chi connectivity index (χ3n) is 2.72. The molecule has 0 bridgehead atoms. The normalized spacial score (nSPS) is 11.0. The first-order valence-corrected chi connectivity index (χ1v) is 5.57. The summed E-state index contributed by atoms with van der Waals surface area (Å²) in [6, 6.07) is 5.98. The highest BCUT2D eigenvalue weighted by Crippen LogP contribution is 2.09. The first-order valence-electron chi connectivity index (χ1n) is 5.57. The smallest absolute Gasteiger partial charge is 0.327 e. The van der Waals surface area contributed by atoms with E-state index in [1.807, 2.05) is 0 Å². The topological polar surface area (TPSA) is 94.4 Å². The van der Waals surface area contributed by atoms with Crippen LogP contribution in [-0.2, 0) is 6.42 Å². The zero-order chi connectivity index (χ0) is 13.4. The summed E-state index contributed by atoms with van der Waals surface area (Å²) in [4.78, 5) is 34.1. The number of fused-ring (bicyclic) bond motifs is 1. The van der Waals surface area contributed by atoms with E-state index in [2.05, 4.69) is 19.9 Å². The molecule has 0 fully saturated rings. The van der Waals surface area contributed by atoms with Crippen molar-refractivity contribution in [2.75, 3.05) is 0 Å². The molecule has 0 amide bonds. The second-order valence-corrected chi connectivity index (χ2v) is 4.12. The maximum atomic E-state index is 12.8. The van der Waals surface area contributed by atoms with Crippen LogP contribution in [0, 0.1) is 5.82 Å². The van der Waals surface area contributed by atoms with Gasteiger partial charge in [0.05, 0.1) is 0 Å². The van der Waals surface area contributed by atoms with Crippen LogP contribution in [0.5, 0.6) is 0 Å². The Kier molecular flexibility index (Phi) is 2.52. The number of nitrogens with one attached hydrogen (secondary N) is 3. The Morgan fingerprint density at radius 2 is 1.79 bits per heavy atom. The second kappa shape index (κ2) is 4.20. The first kappa shape index (κ1) is 11.4.